The normalized spacial score (nSPS) is 12.0. The average molecular weight is 324 g/mol. The summed E-state index contributed by atoms with van der Waals surface area (Å²) in [6.07, 6.45) is -4.32. The molecule has 0 saturated carbocycles. The summed E-state index contributed by atoms with van der Waals surface area (Å²) in [7, 11) is 0. The van der Waals surface area contributed by atoms with Crippen LogP contribution < -0.4 is 0 Å². The molecule has 0 spiro atoms. The van der Waals surface area contributed by atoms with Crippen LogP contribution in [0.1, 0.15) is 16.8 Å². The van der Waals surface area contributed by atoms with Crippen LogP contribution in [0, 0.1) is 6.92 Å². The van der Waals surface area contributed by atoms with Gasteiger partial charge in [0.05, 0.1) is 5.56 Å². The molecule has 0 aliphatic heterocycles. The smallest absolute Gasteiger partial charge is 0.340 e. The third-order valence-electron chi connectivity index (χ3n) is 3.69. The van der Waals surface area contributed by atoms with Gasteiger partial charge in [0.1, 0.15) is 0 Å². The summed E-state index contributed by atoms with van der Waals surface area (Å²) in [6, 6.07) is 13.1. The Morgan fingerprint density at radius 3 is 2.32 bits per heavy atom. The fourth-order valence-electron chi connectivity index (χ4n) is 2.57. The minimum Gasteiger partial charge on any atom is -0.340 e. The van der Waals surface area contributed by atoms with Crippen LogP contribution in [-0.2, 0) is 12.7 Å². The fraction of sp³-hybridized carbons (Fsp3) is 0.176. The maximum atomic E-state index is 12.8. The van der Waals surface area contributed by atoms with Crippen molar-refractivity contribution in [2.45, 2.75) is 19.6 Å². The van der Waals surface area contributed by atoms with Crippen molar-refractivity contribution < 1.29 is 13.2 Å². The first-order valence-corrected chi connectivity index (χ1v) is 7.14. The number of rotatable bonds is 2. The average Bonchev–Trinajstić information content (AvgIpc) is 2.76. The Kier molecular flexibility index (Phi) is 3.65. The van der Waals surface area contributed by atoms with E-state index in [9.17, 15) is 13.2 Å². The van der Waals surface area contributed by atoms with Gasteiger partial charge in [-0.1, -0.05) is 23.7 Å². The van der Waals surface area contributed by atoms with E-state index in [1.165, 1.54) is 12.1 Å². The third-order valence-corrected chi connectivity index (χ3v) is 3.94. The van der Waals surface area contributed by atoms with Crippen LogP contribution in [-0.4, -0.2) is 4.57 Å². The Bertz CT molecular complexity index is 816. The number of aromatic nitrogens is 1. The zero-order valence-electron chi connectivity index (χ0n) is 11.8. The van der Waals surface area contributed by atoms with Crippen LogP contribution in [0.3, 0.4) is 0 Å². The zero-order chi connectivity index (χ0) is 15.9. The Hall–Kier alpha value is -1.94. The van der Waals surface area contributed by atoms with Gasteiger partial charge in [0.25, 0.3) is 0 Å². The number of benzene rings is 2. The van der Waals surface area contributed by atoms with Gasteiger partial charge in [0.2, 0.25) is 0 Å². The monoisotopic (exact) mass is 323 g/mol. The van der Waals surface area contributed by atoms with E-state index in [2.05, 4.69) is 0 Å². The number of hydrogen-bond donors (Lipinski definition) is 0. The SMILES string of the molecule is Cc1cc2cc(C(F)(F)F)ccc2n1Cc1ccc(Cl)cc1. The molecule has 0 atom stereocenters. The number of alkyl halides is 3. The molecule has 0 aliphatic rings. The van der Waals surface area contributed by atoms with Crippen LogP contribution in [0.15, 0.2) is 48.5 Å². The van der Waals surface area contributed by atoms with Crippen LogP contribution in [0.4, 0.5) is 13.2 Å². The predicted octanol–water partition coefficient (Wildman–Crippen LogP) is 5.67. The Labute approximate surface area is 130 Å². The second-order valence-electron chi connectivity index (χ2n) is 5.27. The van der Waals surface area contributed by atoms with Crippen molar-refractivity contribution in [1.29, 1.82) is 0 Å². The quantitative estimate of drug-likeness (QED) is 0.572. The maximum Gasteiger partial charge on any atom is 0.416 e. The summed E-state index contributed by atoms with van der Waals surface area (Å²) in [5, 5.41) is 1.26. The summed E-state index contributed by atoms with van der Waals surface area (Å²) >= 11 is 5.87. The second-order valence-corrected chi connectivity index (χ2v) is 5.71. The molecule has 3 rings (SSSR count). The molecule has 0 aliphatic carbocycles. The molecule has 1 heterocycles. The van der Waals surface area contributed by atoms with Gasteiger partial charge in [-0.15, -0.1) is 0 Å². The molecular formula is C17H13ClF3N. The second kappa shape index (κ2) is 5.36. The van der Waals surface area contributed by atoms with Crippen molar-refractivity contribution in [1.82, 2.24) is 4.57 Å². The lowest BCUT2D eigenvalue weighted by molar-refractivity contribution is -0.137. The van der Waals surface area contributed by atoms with Crippen LogP contribution in [0.2, 0.25) is 5.02 Å². The van der Waals surface area contributed by atoms with E-state index in [0.29, 0.717) is 17.0 Å². The van der Waals surface area contributed by atoms with E-state index in [1.54, 1.807) is 18.2 Å². The highest BCUT2D eigenvalue weighted by Crippen LogP contribution is 2.32. The van der Waals surface area contributed by atoms with Gasteiger partial charge in [0.15, 0.2) is 0 Å². The molecular weight excluding hydrogens is 311 g/mol. The fourth-order valence-corrected chi connectivity index (χ4v) is 2.69. The van der Waals surface area contributed by atoms with Crippen LogP contribution in [0.5, 0.6) is 0 Å². The van der Waals surface area contributed by atoms with Crippen molar-refractivity contribution in [2.24, 2.45) is 0 Å². The molecule has 1 aromatic heterocycles. The molecule has 0 bridgehead atoms. The number of fused-ring (bicyclic) bond motifs is 1. The highest BCUT2D eigenvalue weighted by molar-refractivity contribution is 6.30. The van der Waals surface area contributed by atoms with Gasteiger partial charge in [-0.25, -0.2) is 0 Å². The van der Waals surface area contributed by atoms with Gasteiger partial charge >= 0.3 is 6.18 Å². The number of halogens is 4. The Balaban J connectivity index is 2.03. The number of nitrogens with zero attached hydrogens (tertiary/aromatic N) is 1. The summed E-state index contributed by atoms with van der Waals surface area (Å²) in [4.78, 5) is 0. The maximum absolute atomic E-state index is 12.8. The van der Waals surface area contributed by atoms with Crippen molar-refractivity contribution in [3.8, 4) is 0 Å². The van der Waals surface area contributed by atoms with Crippen LogP contribution >= 0.6 is 11.6 Å². The van der Waals surface area contributed by atoms with Gasteiger partial charge < -0.3 is 4.57 Å². The molecule has 1 nitrogen and oxygen atoms in total. The van der Waals surface area contributed by atoms with Gasteiger partial charge in [-0.3, -0.25) is 0 Å². The molecule has 114 valence electrons. The highest BCUT2D eigenvalue weighted by Gasteiger charge is 2.30. The summed E-state index contributed by atoms with van der Waals surface area (Å²) < 4.78 is 40.4. The molecule has 5 heteroatoms. The first-order valence-electron chi connectivity index (χ1n) is 6.76. The molecule has 22 heavy (non-hydrogen) atoms. The van der Waals surface area contributed by atoms with Crippen molar-refractivity contribution in [3.05, 3.63) is 70.4 Å². The van der Waals surface area contributed by atoms with E-state index in [4.69, 9.17) is 11.6 Å². The number of hydrogen-bond acceptors (Lipinski definition) is 0. The minimum absolute atomic E-state index is 0.595. The lowest BCUT2D eigenvalue weighted by Crippen LogP contribution is -2.05. The van der Waals surface area contributed by atoms with Crippen molar-refractivity contribution in [2.75, 3.05) is 0 Å². The van der Waals surface area contributed by atoms with Crippen LogP contribution in [0.25, 0.3) is 10.9 Å². The van der Waals surface area contributed by atoms with Crippen molar-refractivity contribution >= 4 is 22.5 Å². The van der Waals surface area contributed by atoms with Gasteiger partial charge in [-0.05, 0) is 48.9 Å². The molecule has 0 fully saturated rings. The highest BCUT2D eigenvalue weighted by atomic mass is 35.5. The summed E-state index contributed by atoms with van der Waals surface area (Å²) in [5.74, 6) is 0. The molecule has 0 N–H and O–H groups in total. The standard InChI is InChI=1S/C17H13ClF3N/c1-11-8-13-9-14(17(19,20)21)4-7-16(13)22(11)10-12-2-5-15(18)6-3-12/h2-9H,10H2,1H3. The van der Waals surface area contributed by atoms with E-state index < -0.39 is 11.7 Å². The van der Waals surface area contributed by atoms with E-state index in [1.807, 2.05) is 23.6 Å². The number of aryl methyl sites for hydroxylation is 1. The lowest BCUT2D eigenvalue weighted by atomic mass is 10.1. The summed E-state index contributed by atoms with van der Waals surface area (Å²) in [6.45, 7) is 2.49. The Morgan fingerprint density at radius 2 is 1.68 bits per heavy atom. The Morgan fingerprint density at radius 1 is 1.00 bits per heavy atom. The zero-order valence-corrected chi connectivity index (χ0v) is 12.5. The molecule has 0 amide bonds. The predicted molar refractivity (Wildman–Crippen MR) is 82.2 cm³/mol. The van der Waals surface area contributed by atoms with E-state index in [-0.39, 0.29) is 0 Å². The molecule has 3 aromatic rings. The first-order chi connectivity index (χ1) is 10.3. The molecule has 0 saturated heterocycles. The molecule has 0 unspecified atom stereocenters. The van der Waals surface area contributed by atoms with Crippen molar-refractivity contribution in [3.63, 3.8) is 0 Å². The minimum atomic E-state index is -4.32. The van der Waals surface area contributed by atoms with E-state index >= 15 is 0 Å². The third kappa shape index (κ3) is 2.83. The summed E-state index contributed by atoms with van der Waals surface area (Å²) in [5.41, 5.74) is 2.14. The topological polar surface area (TPSA) is 4.93 Å². The first kappa shape index (κ1) is 15.0. The molecule has 2 aromatic carbocycles. The van der Waals surface area contributed by atoms with E-state index in [0.717, 1.165) is 22.8 Å². The van der Waals surface area contributed by atoms with Gasteiger partial charge in [0, 0.05) is 28.2 Å². The largest absolute Gasteiger partial charge is 0.416 e. The van der Waals surface area contributed by atoms with Gasteiger partial charge in [-0.2, -0.15) is 13.2 Å². The lowest BCUT2D eigenvalue weighted by Gasteiger charge is -2.10. The molecule has 0 radical (unpaired) electrons.